The molecule has 16 nitrogen and oxygen atoms in total. The summed E-state index contributed by atoms with van der Waals surface area (Å²) in [7, 11) is 0. The van der Waals surface area contributed by atoms with Gasteiger partial charge in [-0.05, 0) is 127 Å². The Hall–Kier alpha value is -18.1. The number of hydrogen-bond acceptors (Lipinski definition) is 15. The maximum Gasteiger partial charge on any atom is 0.304 e. The maximum absolute atomic E-state index is 6.75. The Morgan fingerprint density at radius 3 is 0.787 bits per heavy atom. The van der Waals surface area contributed by atoms with Gasteiger partial charge in [-0.15, -0.1) is 0 Å². The van der Waals surface area contributed by atoms with Crippen LogP contribution in [0.1, 0.15) is 50.1 Å². The number of fused-ring (bicyclic) bond motifs is 33. The number of nitrogens with zero attached hydrogens (tertiary/aromatic N) is 15. The minimum atomic E-state index is -0.686. The Morgan fingerprint density at radius 1 is 0.177 bits per heavy atom. The van der Waals surface area contributed by atoms with Crippen molar-refractivity contribution in [3.05, 3.63) is 505 Å². The van der Waals surface area contributed by atoms with Crippen molar-refractivity contribution < 1.29 is 4.74 Å². The molecule has 0 radical (unpaired) electrons. The topological polar surface area (TPSA) is 179 Å². The largest absolute Gasteiger partial charge is 0.425 e. The molecule has 6 aromatic heterocycles. The molecule has 0 N–H and O–H groups in total. The maximum atomic E-state index is 6.75. The van der Waals surface area contributed by atoms with E-state index in [1.807, 2.05) is 194 Å². The fourth-order valence-corrected chi connectivity index (χ4v) is 24.3. The summed E-state index contributed by atoms with van der Waals surface area (Å²) in [6, 6.07) is 159. The minimum absolute atomic E-state index is 0.549. The average Bonchev–Trinajstić information content (AvgIpc) is 1.52. The molecule has 18 aromatic carbocycles. The SMILES string of the molecule is c1ccc(-c2nc(-c3ccccc3)nc(-c3ccc4c(c3)C3(c5ccccc5-c5ccccc53)n3c(nc5ccccc53)S4)n2)cc1.c1ccc(-c2nc(-c3ccccc3)nc(-c3ccc4c(c3)Oc3nc5ccccc5n3C43c4ccccc4-c4ccccc43)n2)cc1.c1ccc(-c2nc(-c3ccccc3)nc(-c3ccc4c(c3)Sc3nc5ccccc5n3C43c4ccccc4-c4ccccc43)n2)cc1. The van der Waals surface area contributed by atoms with Gasteiger partial charge in [-0.3, -0.25) is 13.7 Å². The number of imidazole rings is 3. The van der Waals surface area contributed by atoms with Gasteiger partial charge in [0, 0.05) is 76.6 Å². The normalized spacial score (nSPS) is 13.6. The van der Waals surface area contributed by atoms with E-state index in [-0.39, 0.29) is 0 Å². The molecule has 141 heavy (non-hydrogen) atoms. The standard InChI is InChI=1S/C41H25N5O.2C41H25N5S/c1-3-13-26(14-4-1)37-43-38(27-15-5-2-6-16-27)45-39(44-37)28-23-24-33-36(25-28)47-40-42-34-21-11-12-22-35(34)46(40)41(33)31-19-9-7-17-29(31)30-18-8-10-20-32(30)41;1-3-13-26(14-4-1)37-43-38(27-15-5-2-6-16-27)45-39(44-37)28-23-24-36-33(25-28)41(46-35-22-12-11-21-34(35)42-40(46)47-36)31-19-9-7-17-29(31)30-18-8-10-20-32(30)41;1-3-13-26(14-4-1)37-43-38(27-15-5-2-6-16-27)45-39(44-37)28-23-24-33-36(25-28)47-40-42-34-21-11-12-22-35(34)46(40)41(33)31-19-9-7-17-29(31)30-18-8-10-20-32(30)41/h3*1-25H. The Kier molecular flexibility index (Phi) is 18.8. The van der Waals surface area contributed by atoms with Gasteiger partial charge in [-0.2, -0.15) is 4.98 Å². The van der Waals surface area contributed by atoms with Gasteiger partial charge in [0.2, 0.25) is 0 Å². The second kappa shape index (κ2) is 32.6. The Labute approximate surface area is 818 Å². The van der Waals surface area contributed by atoms with Crippen LogP contribution in [0.4, 0.5) is 0 Å². The van der Waals surface area contributed by atoms with Crippen LogP contribution in [0, 0.1) is 0 Å². The molecule has 9 heterocycles. The molecule has 3 aliphatic heterocycles. The molecule has 0 fully saturated rings. The summed E-state index contributed by atoms with van der Waals surface area (Å²) in [6.07, 6.45) is 0. The van der Waals surface area contributed by atoms with Crippen LogP contribution in [0.5, 0.6) is 11.8 Å². The number of aromatic nitrogens is 15. The van der Waals surface area contributed by atoms with E-state index >= 15 is 0 Å². The summed E-state index contributed by atoms with van der Waals surface area (Å²) in [6.45, 7) is 0. The predicted octanol–water partition coefficient (Wildman–Crippen LogP) is 28.2. The van der Waals surface area contributed by atoms with Gasteiger partial charge in [0.05, 0.1) is 33.1 Å². The number of benzene rings is 18. The molecule has 0 unspecified atom stereocenters. The number of rotatable bonds is 9. The highest BCUT2D eigenvalue weighted by Crippen LogP contribution is 2.64. The lowest BCUT2D eigenvalue weighted by Gasteiger charge is -2.40. The van der Waals surface area contributed by atoms with Gasteiger partial charge >= 0.3 is 6.01 Å². The van der Waals surface area contributed by atoms with Gasteiger partial charge in [0.25, 0.3) is 0 Å². The molecular formula is C123H75N15OS2. The predicted molar refractivity (Wildman–Crippen MR) is 557 cm³/mol. The van der Waals surface area contributed by atoms with Crippen molar-refractivity contribution in [3.8, 4) is 148 Å². The Balaban J connectivity index is 0.000000104. The van der Waals surface area contributed by atoms with Crippen LogP contribution in [0.3, 0.4) is 0 Å². The molecule has 24 aromatic rings. The van der Waals surface area contributed by atoms with Gasteiger partial charge in [0.1, 0.15) is 22.4 Å². The molecule has 18 heteroatoms. The monoisotopic (exact) mass is 1840 g/mol. The zero-order chi connectivity index (χ0) is 92.9. The molecule has 0 saturated carbocycles. The van der Waals surface area contributed by atoms with Crippen LogP contribution in [0.2, 0.25) is 0 Å². The highest BCUT2D eigenvalue weighted by Gasteiger charge is 2.56. The van der Waals surface area contributed by atoms with Crippen molar-refractivity contribution in [2.24, 2.45) is 0 Å². The fraction of sp³-hybridized carbons (Fsp3) is 0.0244. The van der Waals surface area contributed by atoms with E-state index in [0.29, 0.717) is 58.4 Å². The van der Waals surface area contributed by atoms with Crippen molar-refractivity contribution in [1.29, 1.82) is 0 Å². The van der Waals surface area contributed by atoms with Gasteiger partial charge in [-0.25, -0.2) is 54.8 Å². The van der Waals surface area contributed by atoms with Crippen LogP contribution in [-0.2, 0) is 16.6 Å². The minimum Gasteiger partial charge on any atom is -0.425 e. The van der Waals surface area contributed by atoms with Gasteiger partial charge < -0.3 is 4.74 Å². The summed E-state index contributed by atoms with van der Waals surface area (Å²) < 4.78 is 14.0. The second-order valence-corrected chi connectivity index (χ2v) is 37.6. The molecule has 0 amide bonds. The van der Waals surface area contributed by atoms with Crippen molar-refractivity contribution in [3.63, 3.8) is 0 Å². The molecule has 660 valence electrons. The zero-order valence-electron chi connectivity index (χ0n) is 75.2. The highest BCUT2D eigenvalue weighted by molar-refractivity contribution is 7.99. The lowest BCUT2D eigenvalue weighted by Crippen LogP contribution is -2.38. The molecule has 0 atom stereocenters. The van der Waals surface area contributed by atoms with Crippen LogP contribution in [0.25, 0.3) is 169 Å². The van der Waals surface area contributed by atoms with Crippen molar-refractivity contribution >= 4 is 56.6 Å². The third-order valence-corrected chi connectivity index (χ3v) is 30.0. The van der Waals surface area contributed by atoms with E-state index < -0.39 is 16.6 Å². The number of hydrogen-bond donors (Lipinski definition) is 0. The first-order valence-electron chi connectivity index (χ1n) is 47.0. The first kappa shape index (κ1) is 81.3. The third kappa shape index (κ3) is 12.7. The summed E-state index contributed by atoms with van der Waals surface area (Å²) in [5.41, 5.74) is 30.8. The molecular weight excluding hydrogens is 1770 g/mol. The highest BCUT2D eigenvalue weighted by atomic mass is 32.2. The molecule has 6 aliphatic rings. The van der Waals surface area contributed by atoms with Crippen molar-refractivity contribution in [1.82, 2.24) is 73.5 Å². The van der Waals surface area contributed by atoms with Gasteiger partial charge in [-0.1, -0.05) is 418 Å². The molecule has 30 rings (SSSR count). The van der Waals surface area contributed by atoms with E-state index in [2.05, 4.69) is 275 Å². The van der Waals surface area contributed by atoms with Crippen LogP contribution in [-0.4, -0.2) is 73.5 Å². The Morgan fingerprint density at radius 2 is 0.433 bits per heavy atom. The number of ether oxygens (including phenoxy) is 1. The summed E-state index contributed by atoms with van der Waals surface area (Å²) >= 11 is 3.43. The fourth-order valence-electron chi connectivity index (χ4n) is 22.0. The lowest BCUT2D eigenvalue weighted by molar-refractivity contribution is 0.340. The van der Waals surface area contributed by atoms with Crippen molar-refractivity contribution in [2.75, 3.05) is 0 Å². The Bertz CT molecular complexity index is 8520. The van der Waals surface area contributed by atoms with E-state index in [1.54, 1.807) is 23.5 Å². The molecule has 3 spiro atoms. The number of para-hydroxylation sites is 6. The van der Waals surface area contributed by atoms with E-state index in [0.717, 1.165) is 110 Å². The van der Waals surface area contributed by atoms with Gasteiger partial charge in [0.15, 0.2) is 62.7 Å². The molecule has 3 aliphatic carbocycles. The summed E-state index contributed by atoms with van der Waals surface area (Å²) in [5, 5.41) is 1.95. The quantitative estimate of drug-likeness (QED) is 0.133. The van der Waals surface area contributed by atoms with Crippen molar-refractivity contribution in [2.45, 2.75) is 36.7 Å². The van der Waals surface area contributed by atoms with Crippen LogP contribution in [0.15, 0.2) is 475 Å². The first-order valence-corrected chi connectivity index (χ1v) is 48.6. The van der Waals surface area contributed by atoms with Crippen LogP contribution >= 0.6 is 23.5 Å². The molecule has 0 saturated heterocycles. The smallest absolute Gasteiger partial charge is 0.304 e. The second-order valence-electron chi connectivity index (χ2n) is 35.6. The summed E-state index contributed by atoms with van der Waals surface area (Å²) in [5.74, 6) is 6.40. The van der Waals surface area contributed by atoms with E-state index in [9.17, 15) is 0 Å². The van der Waals surface area contributed by atoms with Crippen LogP contribution < -0.4 is 4.74 Å². The summed E-state index contributed by atoms with van der Waals surface area (Å²) in [4.78, 5) is 62.7. The molecule has 0 bridgehead atoms. The lowest BCUT2D eigenvalue weighted by atomic mass is 9.78. The van der Waals surface area contributed by atoms with E-state index in [4.69, 9.17) is 64.5 Å². The average molecular weight is 1840 g/mol. The first-order chi connectivity index (χ1) is 69.9. The van der Waals surface area contributed by atoms with E-state index in [1.165, 1.54) is 82.8 Å². The third-order valence-electron chi connectivity index (χ3n) is 28.0. The zero-order valence-corrected chi connectivity index (χ0v) is 76.9.